The summed E-state index contributed by atoms with van der Waals surface area (Å²) in [5.74, 6) is 0.152. The Labute approximate surface area is 120 Å². The van der Waals surface area contributed by atoms with Crippen LogP contribution in [0.5, 0.6) is 5.75 Å². The first kappa shape index (κ1) is 14.7. The molecule has 0 unspecified atom stereocenters. The quantitative estimate of drug-likeness (QED) is 0.679. The van der Waals surface area contributed by atoms with Gasteiger partial charge in [-0.15, -0.1) is 0 Å². The van der Waals surface area contributed by atoms with Crippen LogP contribution in [0.4, 0.5) is 5.69 Å². The molecule has 0 spiro atoms. The third-order valence-electron chi connectivity index (χ3n) is 4.00. The van der Waals surface area contributed by atoms with Crippen LogP contribution in [0.2, 0.25) is 0 Å². The van der Waals surface area contributed by atoms with E-state index < -0.39 is 0 Å². The summed E-state index contributed by atoms with van der Waals surface area (Å²) < 4.78 is 10.8. The van der Waals surface area contributed by atoms with Crippen molar-refractivity contribution in [2.75, 3.05) is 12.8 Å². The molecule has 0 aliphatic heterocycles. The van der Waals surface area contributed by atoms with Crippen molar-refractivity contribution in [2.24, 2.45) is 5.41 Å². The molecule has 1 saturated carbocycles. The predicted molar refractivity (Wildman–Crippen MR) is 78.9 cm³/mol. The van der Waals surface area contributed by atoms with E-state index in [1.807, 2.05) is 0 Å². The first-order valence-electron chi connectivity index (χ1n) is 7.06. The van der Waals surface area contributed by atoms with E-state index >= 15 is 0 Å². The van der Waals surface area contributed by atoms with Gasteiger partial charge < -0.3 is 15.2 Å². The van der Waals surface area contributed by atoms with Crippen molar-refractivity contribution in [2.45, 2.75) is 45.6 Å². The van der Waals surface area contributed by atoms with Crippen LogP contribution in [0.15, 0.2) is 18.2 Å². The zero-order valence-electron chi connectivity index (χ0n) is 12.4. The number of methoxy groups -OCH3 is 1. The molecule has 4 heteroatoms. The van der Waals surface area contributed by atoms with Gasteiger partial charge >= 0.3 is 5.97 Å². The maximum Gasteiger partial charge on any atom is 0.342 e. The highest BCUT2D eigenvalue weighted by Crippen LogP contribution is 2.36. The number of ether oxygens (including phenoxy) is 2. The molecule has 0 atom stereocenters. The van der Waals surface area contributed by atoms with Crippen LogP contribution in [-0.2, 0) is 4.74 Å². The predicted octanol–water partition coefficient (Wildman–Crippen LogP) is 3.40. The fraction of sp³-hybridized carbons (Fsp3) is 0.562. The first-order valence-corrected chi connectivity index (χ1v) is 7.06. The van der Waals surface area contributed by atoms with Crippen LogP contribution in [0.25, 0.3) is 0 Å². The average molecular weight is 277 g/mol. The van der Waals surface area contributed by atoms with E-state index in [1.54, 1.807) is 18.2 Å². The molecule has 2 N–H and O–H groups in total. The molecule has 1 aromatic rings. The highest BCUT2D eigenvalue weighted by molar-refractivity contribution is 5.93. The van der Waals surface area contributed by atoms with E-state index in [1.165, 1.54) is 7.11 Å². The summed E-state index contributed by atoms with van der Waals surface area (Å²) in [6.45, 7) is 4.51. The Morgan fingerprint density at radius 3 is 2.55 bits per heavy atom. The van der Waals surface area contributed by atoms with E-state index in [0.29, 0.717) is 22.4 Å². The molecule has 0 amide bonds. The van der Waals surface area contributed by atoms with Crippen molar-refractivity contribution in [3.8, 4) is 5.75 Å². The summed E-state index contributed by atoms with van der Waals surface area (Å²) in [7, 11) is 1.53. The summed E-state index contributed by atoms with van der Waals surface area (Å²) in [5.41, 5.74) is 7.01. The maximum atomic E-state index is 12.2. The summed E-state index contributed by atoms with van der Waals surface area (Å²) in [4.78, 5) is 12.2. The molecule has 0 saturated heterocycles. The smallest absolute Gasteiger partial charge is 0.342 e. The van der Waals surface area contributed by atoms with Gasteiger partial charge in [-0.1, -0.05) is 13.8 Å². The number of rotatable bonds is 3. The molecular weight excluding hydrogens is 254 g/mol. The van der Waals surface area contributed by atoms with Crippen LogP contribution in [-0.4, -0.2) is 19.2 Å². The van der Waals surface area contributed by atoms with Crippen LogP contribution >= 0.6 is 0 Å². The Bertz CT molecular complexity index is 486. The molecule has 1 fully saturated rings. The Kier molecular flexibility index (Phi) is 4.21. The van der Waals surface area contributed by atoms with Gasteiger partial charge in [0.05, 0.1) is 7.11 Å². The normalized spacial score (nSPS) is 18.6. The topological polar surface area (TPSA) is 61.5 Å². The lowest BCUT2D eigenvalue weighted by molar-refractivity contribution is 0.00924. The summed E-state index contributed by atoms with van der Waals surface area (Å²) in [5, 5.41) is 0. The largest absolute Gasteiger partial charge is 0.496 e. The molecular formula is C16H23NO3. The van der Waals surface area contributed by atoms with Crippen molar-refractivity contribution >= 4 is 11.7 Å². The minimum Gasteiger partial charge on any atom is -0.496 e. The SMILES string of the molecule is COc1ccc(N)cc1C(=O)OC1CCC(C)(C)CC1. The van der Waals surface area contributed by atoms with Crippen LogP contribution < -0.4 is 10.5 Å². The van der Waals surface area contributed by atoms with Gasteiger partial charge in [-0.2, -0.15) is 0 Å². The number of anilines is 1. The maximum absolute atomic E-state index is 12.2. The van der Waals surface area contributed by atoms with Crippen molar-refractivity contribution in [3.05, 3.63) is 23.8 Å². The van der Waals surface area contributed by atoms with Crippen LogP contribution in [0, 0.1) is 5.41 Å². The second-order valence-corrected chi connectivity index (χ2v) is 6.23. The first-order chi connectivity index (χ1) is 9.41. The molecule has 110 valence electrons. The van der Waals surface area contributed by atoms with Gasteiger partial charge in [-0.05, 0) is 49.3 Å². The summed E-state index contributed by atoms with van der Waals surface area (Å²) in [6, 6.07) is 5.00. The number of hydrogen-bond acceptors (Lipinski definition) is 4. The molecule has 1 aliphatic rings. The van der Waals surface area contributed by atoms with Gasteiger partial charge in [0, 0.05) is 5.69 Å². The van der Waals surface area contributed by atoms with Gasteiger partial charge in [0.15, 0.2) is 0 Å². The Morgan fingerprint density at radius 1 is 1.30 bits per heavy atom. The minimum absolute atomic E-state index is 0.00154. The number of carbonyl (C=O) groups excluding carboxylic acids is 1. The van der Waals surface area contributed by atoms with E-state index in [2.05, 4.69) is 13.8 Å². The number of hydrogen-bond donors (Lipinski definition) is 1. The Hall–Kier alpha value is -1.71. The summed E-state index contributed by atoms with van der Waals surface area (Å²) in [6.07, 6.45) is 4.01. The van der Waals surface area contributed by atoms with E-state index in [4.69, 9.17) is 15.2 Å². The van der Waals surface area contributed by atoms with Crippen LogP contribution in [0.3, 0.4) is 0 Å². The van der Waals surface area contributed by atoms with Gasteiger partial charge in [0.25, 0.3) is 0 Å². The molecule has 0 radical (unpaired) electrons. The lowest BCUT2D eigenvalue weighted by Gasteiger charge is -2.33. The lowest BCUT2D eigenvalue weighted by atomic mass is 9.76. The van der Waals surface area contributed by atoms with Crippen molar-refractivity contribution in [1.82, 2.24) is 0 Å². The van der Waals surface area contributed by atoms with Crippen LogP contribution in [0.1, 0.15) is 49.9 Å². The third-order valence-corrected chi connectivity index (χ3v) is 4.00. The zero-order chi connectivity index (χ0) is 14.8. The van der Waals surface area contributed by atoms with E-state index in [9.17, 15) is 4.79 Å². The van der Waals surface area contributed by atoms with Crippen molar-refractivity contribution in [3.63, 3.8) is 0 Å². The van der Waals surface area contributed by atoms with E-state index in [0.717, 1.165) is 25.7 Å². The fourth-order valence-corrected chi connectivity index (χ4v) is 2.59. The van der Waals surface area contributed by atoms with Crippen molar-refractivity contribution < 1.29 is 14.3 Å². The summed E-state index contributed by atoms with van der Waals surface area (Å²) >= 11 is 0. The highest BCUT2D eigenvalue weighted by atomic mass is 16.5. The number of esters is 1. The Morgan fingerprint density at radius 2 is 1.95 bits per heavy atom. The number of nitrogens with two attached hydrogens (primary N) is 1. The molecule has 1 aromatic carbocycles. The second kappa shape index (κ2) is 5.73. The average Bonchev–Trinajstić information content (AvgIpc) is 2.41. The standard InChI is InChI=1S/C16H23NO3/c1-16(2)8-6-12(7-9-16)20-15(18)13-10-11(17)4-5-14(13)19-3/h4-5,10,12H,6-9,17H2,1-3H3. The molecule has 1 aliphatic carbocycles. The minimum atomic E-state index is -0.348. The van der Waals surface area contributed by atoms with E-state index in [-0.39, 0.29) is 12.1 Å². The second-order valence-electron chi connectivity index (χ2n) is 6.23. The number of benzene rings is 1. The zero-order valence-corrected chi connectivity index (χ0v) is 12.4. The number of nitrogen functional groups attached to an aromatic ring is 1. The molecule has 2 rings (SSSR count). The molecule has 4 nitrogen and oxygen atoms in total. The van der Waals surface area contributed by atoms with Gasteiger partial charge in [-0.3, -0.25) is 0 Å². The highest BCUT2D eigenvalue weighted by Gasteiger charge is 2.29. The Balaban J connectivity index is 2.04. The molecule has 20 heavy (non-hydrogen) atoms. The van der Waals surface area contributed by atoms with Gasteiger partial charge in [-0.25, -0.2) is 4.79 Å². The van der Waals surface area contributed by atoms with Gasteiger partial charge in [0.2, 0.25) is 0 Å². The third kappa shape index (κ3) is 3.44. The van der Waals surface area contributed by atoms with Crippen molar-refractivity contribution in [1.29, 1.82) is 0 Å². The lowest BCUT2D eigenvalue weighted by Crippen LogP contribution is -2.28. The molecule has 0 bridgehead atoms. The fourth-order valence-electron chi connectivity index (χ4n) is 2.59. The van der Waals surface area contributed by atoms with Gasteiger partial charge in [0.1, 0.15) is 17.4 Å². The molecule has 0 heterocycles. The number of carbonyl (C=O) groups is 1. The monoisotopic (exact) mass is 277 g/mol. The molecule has 0 aromatic heterocycles.